The van der Waals surface area contributed by atoms with E-state index < -0.39 is 42.2 Å². The van der Waals surface area contributed by atoms with Gasteiger partial charge in [-0.3, -0.25) is 14.8 Å². The first-order chi connectivity index (χ1) is 11.9. The van der Waals surface area contributed by atoms with Crippen molar-refractivity contribution in [3.63, 3.8) is 0 Å². The summed E-state index contributed by atoms with van der Waals surface area (Å²) in [4.78, 5) is 9.62. The molecule has 26 heavy (non-hydrogen) atoms. The smallest absolute Gasteiger partial charge is 0.312 e. The van der Waals surface area contributed by atoms with E-state index in [1.54, 1.807) is 0 Å². The van der Waals surface area contributed by atoms with Crippen LogP contribution in [0.3, 0.4) is 0 Å². The van der Waals surface area contributed by atoms with Crippen LogP contribution in [-0.4, -0.2) is 26.9 Å². The van der Waals surface area contributed by atoms with Crippen molar-refractivity contribution in [2.45, 2.75) is 17.6 Å². The lowest BCUT2D eigenvalue weighted by atomic mass is 10.2. The van der Waals surface area contributed by atoms with Crippen LogP contribution < -0.4 is 9.86 Å². The molecule has 0 heterocycles. The van der Waals surface area contributed by atoms with E-state index >= 15 is 0 Å². The summed E-state index contributed by atoms with van der Waals surface area (Å²) in [5.74, 6) is -1.13. The van der Waals surface area contributed by atoms with Gasteiger partial charge in [0, 0.05) is 11.8 Å². The molecule has 0 amide bonds. The standard InChI is InChI=1S/C14H15N3O7S2/c1-9-5-13(18)12(17(19)20)7-14(9)26(23,24)16-11-4-2-3-10(6-11)8-25(15,21)22/h2-7,16,18H,8H2,1H3,(H2,15,21,22). The number of aryl methyl sites for hydroxylation is 1. The van der Waals surface area contributed by atoms with Gasteiger partial charge < -0.3 is 5.11 Å². The van der Waals surface area contributed by atoms with Gasteiger partial charge in [0.25, 0.3) is 10.0 Å². The molecule has 0 fully saturated rings. The minimum absolute atomic E-state index is 0.0567. The largest absolute Gasteiger partial charge is 0.502 e. The van der Waals surface area contributed by atoms with Crippen molar-refractivity contribution >= 4 is 31.4 Å². The molecule has 140 valence electrons. The Bertz CT molecular complexity index is 1080. The van der Waals surface area contributed by atoms with Crippen LogP contribution in [-0.2, 0) is 25.8 Å². The number of nitrogens with zero attached hydrogens (tertiary/aromatic N) is 1. The molecule has 0 aliphatic heterocycles. The molecule has 2 rings (SSSR count). The van der Waals surface area contributed by atoms with Gasteiger partial charge in [-0.25, -0.2) is 22.0 Å². The zero-order valence-corrected chi connectivity index (χ0v) is 15.0. The Morgan fingerprint density at radius 1 is 1.19 bits per heavy atom. The first-order valence-corrected chi connectivity index (χ1v) is 10.2. The average molecular weight is 401 g/mol. The number of aromatic hydroxyl groups is 1. The summed E-state index contributed by atoms with van der Waals surface area (Å²) in [6.07, 6.45) is 0. The number of rotatable bonds is 6. The molecular formula is C14H15N3O7S2. The number of hydrogen-bond acceptors (Lipinski definition) is 7. The van der Waals surface area contributed by atoms with E-state index in [1.165, 1.54) is 31.2 Å². The quantitative estimate of drug-likeness (QED) is 0.482. The molecule has 0 spiro atoms. The Kier molecular flexibility index (Phi) is 5.21. The second kappa shape index (κ2) is 6.90. The Balaban J connectivity index is 2.43. The van der Waals surface area contributed by atoms with Gasteiger partial charge in [0.05, 0.1) is 15.6 Å². The van der Waals surface area contributed by atoms with Crippen LogP contribution in [0.2, 0.25) is 0 Å². The predicted molar refractivity (Wildman–Crippen MR) is 93.6 cm³/mol. The van der Waals surface area contributed by atoms with Gasteiger partial charge in [0.2, 0.25) is 10.0 Å². The monoisotopic (exact) mass is 401 g/mol. The lowest BCUT2D eigenvalue weighted by Crippen LogP contribution is -2.16. The molecule has 0 aromatic heterocycles. The third-order valence-electron chi connectivity index (χ3n) is 3.31. The van der Waals surface area contributed by atoms with E-state index in [0.717, 1.165) is 12.1 Å². The van der Waals surface area contributed by atoms with Crippen molar-refractivity contribution in [2.24, 2.45) is 5.14 Å². The molecule has 0 aliphatic carbocycles. The fraction of sp³-hybridized carbons (Fsp3) is 0.143. The Hall–Kier alpha value is -2.70. The zero-order valence-electron chi connectivity index (χ0n) is 13.4. The average Bonchev–Trinajstić information content (AvgIpc) is 2.44. The fourth-order valence-electron chi connectivity index (χ4n) is 2.26. The number of nitro benzene ring substituents is 1. The molecule has 0 unspecified atom stereocenters. The summed E-state index contributed by atoms with van der Waals surface area (Å²) in [6.45, 7) is 1.37. The topological polar surface area (TPSA) is 170 Å². The van der Waals surface area contributed by atoms with Crippen molar-refractivity contribution < 1.29 is 26.9 Å². The molecule has 4 N–H and O–H groups in total. The van der Waals surface area contributed by atoms with Crippen LogP contribution in [0.25, 0.3) is 0 Å². The van der Waals surface area contributed by atoms with Gasteiger partial charge in [0.15, 0.2) is 5.75 Å². The Labute approximate surface area is 149 Å². The molecule has 0 bridgehead atoms. The normalized spacial score (nSPS) is 11.9. The molecular weight excluding hydrogens is 386 g/mol. The molecule has 0 saturated carbocycles. The molecule has 0 atom stereocenters. The third-order valence-corrected chi connectivity index (χ3v) is 5.56. The summed E-state index contributed by atoms with van der Waals surface area (Å²) >= 11 is 0. The van der Waals surface area contributed by atoms with Crippen LogP contribution in [0.5, 0.6) is 5.75 Å². The van der Waals surface area contributed by atoms with Crippen molar-refractivity contribution in [1.82, 2.24) is 0 Å². The lowest BCUT2D eigenvalue weighted by molar-refractivity contribution is -0.386. The van der Waals surface area contributed by atoms with E-state index in [0.29, 0.717) is 0 Å². The highest BCUT2D eigenvalue weighted by atomic mass is 32.2. The summed E-state index contributed by atoms with van der Waals surface area (Å²) in [7, 11) is -8.02. The number of sulfonamides is 2. The van der Waals surface area contributed by atoms with Crippen molar-refractivity contribution in [3.05, 3.63) is 57.6 Å². The van der Waals surface area contributed by atoms with Gasteiger partial charge >= 0.3 is 5.69 Å². The van der Waals surface area contributed by atoms with Crippen molar-refractivity contribution in [2.75, 3.05) is 4.72 Å². The maximum atomic E-state index is 12.5. The van der Waals surface area contributed by atoms with Crippen molar-refractivity contribution in [3.8, 4) is 5.75 Å². The zero-order chi connectivity index (χ0) is 19.7. The number of anilines is 1. The van der Waals surface area contributed by atoms with Crippen LogP contribution in [0.1, 0.15) is 11.1 Å². The number of phenols is 1. The maximum absolute atomic E-state index is 12.5. The van der Waals surface area contributed by atoms with Gasteiger partial charge in [0.1, 0.15) is 0 Å². The van der Waals surface area contributed by atoms with E-state index in [4.69, 9.17) is 5.14 Å². The number of phenolic OH excluding ortho intramolecular Hbond substituents is 1. The van der Waals surface area contributed by atoms with Gasteiger partial charge in [-0.2, -0.15) is 0 Å². The minimum Gasteiger partial charge on any atom is -0.502 e. The number of benzene rings is 2. The van der Waals surface area contributed by atoms with Crippen LogP contribution in [0.4, 0.5) is 11.4 Å². The number of nitrogens with two attached hydrogens (primary N) is 1. The summed E-state index contributed by atoms with van der Waals surface area (Å²) in [6, 6.07) is 7.29. The van der Waals surface area contributed by atoms with E-state index in [2.05, 4.69) is 4.72 Å². The molecule has 0 radical (unpaired) electrons. The van der Waals surface area contributed by atoms with Gasteiger partial charge in [-0.15, -0.1) is 0 Å². The lowest BCUT2D eigenvalue weighted by Gasteiger charge is -2.12. The highest BCUT2D eigenvalue weighted by Crippen LogP contribution is 2.32. The molecule has 12 heteroatoms. The molecule has 10 nitrogen and oxygen atoms in total. The highest BCUT2D eigenvalue weighted by molar-refractivity contribution is 7.92. The molecule has 0 saturated heterocycles. The summed E-state index contributed by atoms with van der Waals surface area (Å²) < 4.78 is 49.6. The predicted octanol–water partition coefficient (Wildman–Crippen LogP) is 1.20. The number of hydrogen-bond donors (Lipinski definition) is 3. The van der Waals surface area contributed by atoms with Gasteiger partial charge in [-0.05, 0) is 36.2 Å². The molecule has 0 aliphatic rings. The van der Waals surface area contributed by atoms with E-state index in [1.807, 2.05) is 0 Å². The van der Waals surface area contributed by atoms with Crippen molar-refractivity contribution in [1.29, 1.82) is 0 Å². The minimum atomic E-state index is -4.22. The number of nitrogens with one attached hydrogen (secondary N) is 1. The number of primary sulfonamides is 1. The number of nitro groups is 1. The molecule has 2 aromatic rings. The van der Waals surface area contributed by atoms with E-state index in [9.17, 15) is 32.1 Å². The SMILES string of the molecule is Cc1cc(O)c([N+](=O)[O-])cc1S(=O)(=O)Nc1cccc(CS(N)(=O)=O)c1. The second-order valence-electron chi connectivity index (χ2n) is 5.48. The highest BCUT2D eigenvalue weighted by Gasteiger charge is 2.24. The van der Waals surface area contributed by atoms with Crippen LogP contribution in [0, 0.1) is 17.0 Å². The van der Waals surface area contributed by atoms with E-state index in [-0.39, 0.29) is 21.7 Å². The fourth-order valence-corrected chi connectivity index (χ4v) is 4.21. The first-order valence-electron chi connectivity index (χ1n) is 6.99. The summed E-state index contributed by atoms with van der Waals surface area (Å²) in [5.41, 5.74) is -0.331. The molecule has 2 aromatic carbocycles. The van der Waals surface area contributed by atoms with Crippen LogP contribution >= 0.6 is 0 Å². The Morgan fingerprint density at radius 2 is 1.85 bits per heavy atom. The Morgan fingerprint density at radius 3 is 2.42 bits per heavy atom. The maximum Gasteiger partial charge on any atom is 0.312 e. The van der Waals surface area contributed by atoms with Crippen LogP contribution in [0.15, 0.2) is 41.3 Å². The second-order valence-corrected chi connectivity index (χ2v) is 8.74. The first kappa shape index (κ1) is 19.6. The summed E-state index contributed by atoms with van der Waals surface area (Å²) in [5, 5.41) is 25.4. The third kappa shape index (κ3) is 4.68. The van der Waals surface area contributed by atoms with Gasteiger partial charge in [-0.1, -0.05) is 12.1 Å².